The number of esters is 1. The first kappa shape index (κ1) is 11.9. The van der Waals surface area contributed by atoms with Gasteiger partial charge in [-0.3, -0.25) is 4.79 Å². The van der Waals surface area contributed by atoms with Crippen molar-refractivity contribution >= 4 is 11.8 Å². The van der Waals surface area contributed by atoms with Crippen molar-refractivity contribution < 1.29 is 23.8 Å². The predicted molar refractivity (Wildman–Crippen MR) is 60.5 cm³/mol. The zero-order valence-corrected chi connectivity index (χ0v) is 10.5. The molecule has 1 saturated heterocycles. The Labute approximate surface area is 105 Å². The molecule has 4 aliphatic rings. The SMILES string of the molecule is COC(=O)C1=CC2C3CCOC2(OC)C(=O)C1C3. The van der Waals surface area contributed by atoms with E-state index in [0.717, 1.165) is 6.42 Å². The zero-order valence-electron chi connectivity index (χ0n) is 10.5. The maximum Gasteiger partial charge on any atom is 0.334 e. The molecule has 0 aromatic rings. The van der Waals surface area contributed by atoms with Crippen molar-refractivity contribution in [3.05, 3.63) is 11.6 Å². The number of ether oxygens (including phenoxy) is 3. The van der Waals surface area contributed by atoms with Crippen LogP contribution >= 0.6 is 0 Å². The van der Waals surface area contributed by atoms with Crippen LogP contribution in [0.25, 0.3) is 0 Å². The molecule has 1 aliphatic heterocycles. The summed E-state index contributed by atoms with van der Waals surface area (Å²) in [5.74, 6) is -1.95. The van der Waals surface area contributed by atoms with Crippen LogP contribution in [-0.2, 0) is 23.8 Å². The summed E-state index contributed by atoms with van der Waals surface area (Å²) in [4.78, 5) is 24.2. The highest BCUT2D eigenvalue weighted by atomic mass is 16.7. The molecule has 5 heteroatoms. The van der Waals surface area contributed by atoms with Crippen LogP contribution in [0.2, 0.25) is 0 Å². The molecule has 5 nitrogen and oxygen atoms in total. The van der Waals surface area contributed by atoms with Crippen molar-refractivity contribution in [2.45, 2.75) is 18.6 Å². The highest BCUT2D eigenvalue weighted by molar-refractivity contribution is 6.03. The first-order chi connectivity index (χ1) is 8.64. The third-order valence-corrected chi connectivity index (χ3v) is 4.41. The fourth-order valence-electron chi connectivity index (χ4n) is 3.55. The Bertz CT molecular complexity index is 441. The summed E-state index contributed by atoms with van der Waals surface area (Å²) >= 11 is 0. The number of methoxy groups -OCH3 is 2. The van der Waals surface area contributed by atoms with Gasteiger partial charge in [-0.05, 0) is 18.8 Å². The fraction of sp³-hybridized carbons (Fsp3) is 0.692. The van der Waals surface area contributed by atoms with E-state index in [9.17, 15) is 9.59 Å². The minimum Gasteiger partial charge on any atom is -0.466 e. The lowest BCUT2D eigenvalue weighted by molar-refractivity contribution is -0.274. The molecule has 0 aromatic carbocycles. The Balaban J connectivity index is 2.07. The van der Waals surface area contributed by atoms with Crippen LogP contribution in [0.15, 0.2) is 11.6 Å². The van der Waals surface area contributed by atoms with Crippen LogP contribution in [0.3, 0.4) is 0 Å². The maximum atomic E-state index is 12.5. The Morgan fingerprint density at radius 1 is 1.50 bits per heavy atom. The minimum absolute atomic E-state index is 0.131. The second-order valence-corrected chi connectivity index (χ2v) is 5.06. The van der Waals surface area contributed by atoms with Gasteiger partial charge in [-0.15, -0.1) is 0 Å². The smallest absolute Gasteiger partial charge is 0.334 e. The van der Waals surface area contributed by atoms with Gasteiger partial charge in [0.15, 0.2) is 5.78 Å². The maximum absolute atomic E-state index is 12.5. The molecule has 1 heterocycles. The van der Waals surface area contributed by atoms with E-state index in [4.69, 9.17) is 14.2 Å². The summed E-state index contributed by atoms with van der Waals surface area (Å²) in [7, 11) is 2.83. The normalized spacial score (nSPS) is 41.6. The summed E-state index contributed by atoms with van der Waals surface area (Å²) in [6, 6.07) is 0. The topological polar surface area (TPSA) is 61.8 Å². The minimum atomic E-state index is -1.16. The molecule has 4 atom stereocenters. The largest absolute Gasteiger partial charge is 0.466 e. The molecule has 4 rings (SSSR count). The van der Waals surface area contributed by atoms with Gasteiger partial charge in [0.05, 0.1) is 19.6 Å². The molecule has 3 aliphatic carbocycles. The van der Waals surface area contributed by atoms with Crippen molar-refractivity contribution in [3.8, 4) is 0 Å². The van der Waals surface area contributed by atoms with Gasteiger partial charge in [0.2, 0.25) is 5.79 Å². The molecule has 2 fully saturated rings. The van der Waals surface area contributed by atoms with E-state index in [2.05, 4.69) is 0 Å². The van der Waals surface area contributed by atoms with E-state index in [0.29, 0.717) is 24.5 Å². The molecule has 0 N–H and O–H groups in total. The van der Waals surface area contributed by atoms with Gasteiger partial charge in [0.1, 0.15) is 0 Å². The molecule has 98 valence electrons. The third-order valence-electron chi connectivity index (χ3n) is 4.41. The number of ketones is 1. The van der Waals surface area contributed by atoms with E-state index < -0.39 is 17.7 Å². The Morgan fingerprint density at radius 2 is 2.28 bits per heavy atom. The number of carbonyl (C=O) groups is 2. The van der Waals surface area contributed by atoms with E-state index in [1.807, 2.05) is 6.08 Å². The van der Waals surface area contributed by atoms with E-state index in [1.165, 1.54) is 14.2 Å². The monoisotopic (exact) mass is 252 g/mol. The summed E-state index contributed by atoms with van der Waals surface area (Å²) in [5, 5.41) is 0. The zero-order chi connectivity index (χ0) is 12.9. The summed E-state index contributed by atoms with van der Waals surface area (Å²) in [5.41, 5.74) is 0.474. The molecule has 4 bridgehead atoms. The molecule has 4 unspecified atom stereocenters. The fourth-order valence-corrected chi connectivity index (χ4v) is 3.55. The van der Waals surface area contributed by atoms with Crippen LogP contribution in [0, 0.1) is 17.8 Å². The van der Waals surface area contributed by atoms with Gasteiger partial charge in [-0.1, -0.05) is 6.08 Å². The van der Waals surface area contributed by atoms with E-state index in [1.54, 1.807) is 0 Å². The molecular weight excluding hydrogens is 236 g/mol. The second kappa shape index (κ2) is 3.90. The number of hydrogen-bond donors (Lipinski definition) is 0. The average molecular weight is 252 g/mol. The molecule has 1 saturated carbocycles. The van der Waals surface area contributed by atoms with E-state index >= 15 is 0 Å². The van der Waals surface area contributed by atoms with Gasteiger partial charge >= 0.3 is 5.97 Å². The van der Waals surface area contributed by atoms with Crippen molar-refractivity contribution in [1.29, 1.82) is 0 Å². The van der Waals surface area contributed by atoms with Gasteiger partial charge < -0.3 is 14.2 Å². The van der Waals surface area contributed by atoms with Crippen LogP contribution in [0.4, 0.5) is 0 Å². The van der Waals surface area contributed by atoms with Crippen LogP contribution < -0.4 is 0 Å². The van der Waals surface area contributed by atoms with Gasteiger partial charge in [-0.25, -0.2) is 4.79 Å². The van der Waals surface area contributed by atoms with Crippen molar-refractivity contribution in [2.75, 3.05) is 20.8 Å². The first-order valence-corrected chi connectivity index (χ1v) is 6.17. The molecule has 0 amide bonds. The Hall–Kier alpha value is -1.20. The van der Waals surface area contributed by atoms with Crippen LogP contribution in [0.5, 0.6) is 0 Å². The van der Waals surface area contributed by atoms with Crippen molar-refractivity contribution in [1.82, 2.24) is 0 Å². The quantitative estimate of drug-likeness (QED) is 0.676. The number of rotatable bonds is 2. The van der Waals surface area contributed by atoms with Gasteiger partial charge in [0, 0.05) is 18.6 Å². The highest BCUT2D eigenvalue weighted by Crippen LogP contribution is 2.53. The average Bonchev–Trinajstić information content (AvgIpc) is 2.42. The van der Waals surface area contributed by atoms with Gasteiger partial charge in [-0.2, -0.15) is 0 Å². The van der Waals surface area contributed by atoms with Crippen LogP contribution in [0.1, 0.15) is 12.8 Å². The predicted octanol–water partition coefficient (Wildman–Crippen LogP) is 0.684. The van der Waals surface area contributed by atoms with Crippen molar-refractivity contribution in [2.24, 2.45) is 17.8 Å². The number of Topliss-reactive ketones (excluding diaryl/α,β-unsaturated/α-hetero) is 1. The van der Waals surface area contributed by atoms with Crippen LogP contribution in [-0.4, -0.2) is 38.4 Å². The Kier molecular flexibility index (Phi) is 2.57. The lowest BCUT2D eigenvalue weighted by Crippen LogP contribution is -2.64. The number of hydrogen-bond acceptors (Lipinski definition) is 5. The third kappa shape index (κ3) is 1.29. The highest BCUT2D eigenvalue weighted by Gasteiger charge is 2.62. The first-order valence-electron chi connectivity index (χ1n) is 6.17. The van der Waals surface area contributed by atoms with Crippen molar-refractivity contribution in [3.63, 3.8) is 0 Å². The molecule has 0 spiro atoms. The summed E-state index contributed by atoms with van der Waals surface area (Å²) in [6.45, 7) is 0.537. The molecule has 18 heavy (non-hydrogen) atoms. The molecule has 0 radical (unpaired) electrons. The lowest BCUT2D eigenvalue weighted by Gasteiger charge is -2.53. The summed E-state index contributed by atoms with van der Waals surface area (Å²) in [6.07, 6.45) is 3.44. The number of carbonyl (C=O) groups excluding carboxylic acids is 2. The standard InChI is InChI=1S/C13H16O5/c1-16-12(15)9-6-10-7-3-4-18-13(10,17-2)11(14)8(9)5-7/h6-8,10H,3-5H2,1-2H3. The summed E-state index contributed by atoms with van der Waals surface area (Å²) < 4.78 is 15.8. The van der Waals surface area contributed by atoms with E-state index in [-0.39, 0.29) is 11.7 Å². The lowest BCUT2D eigenvalue weighted by atomic mass is 9.59. The molecular formula is C13H16O5. The van der Waals surface area contributed by atoms with Gasteiger partial charge in [0.25, 0.3) is 0 Å². The second-order valence-electron chi connectivity index (χ2n) is 5.06. The Morgan fingerprint density at radius 3 is 2.94 bits per heavy atom. The molecule has 0 aromatic heterocycles.